The van der Waals surface area contributed by atoms with Gasteiger partial charge in [0.2, 0.25) is 0 Å². The van der Waals surface area contributed by atoms with Crippen molar-refractivity contribution >= 4 is 16.9 Å². The van der Waals surface area contributed by atoms with E-state index in [4.69, 9.17) is 9.15 Å². The van der Waals surface area contributed by atoms with Gasteiger partial charge in [-0.05, 0) is 13.0 Å². The minimum Gasteiger partial charge on any atom is -0.478 e. The third-order valence-electron chi connectivity index (χ3n) is 3.57. The first kappa shape index (κ1) is 13.1. The molecule has 2 aromatic rings. The van der Waals surface area contributed by atoms with Gasteiger partial charge in [0.1, 0.15) is 16.9 Å². The van der Waals surface area contributed by atoms with E-state index in [1.54, 1.807) is 12.1 Å². The first-order valence-corrected chi connectivity index (χ1v) is 6.73. The molecule has 20 heavy (non-hydrogen) atoms. The van der Waals surface area contributed by atoms with E-state index >= 15 is 0 Å². The van der Waals surface area contributed by atoms with E-state index in [2.05, 4.69) is 4.90 Å². The summed E-state index contributed by atoms with van der Waals surface area (Å²) < 4.78 is 11.2. The quantitative estimate of drug-likeness (QED) is 0.931. The number of furan rings is 1. The van der Waals surface area contributed by atoms with Crippen molar-refractivity contribution in [3.63, 3.8) is 0 Å². The maximum atomic E-state index is 11.5. The molecule has 5 heteroatoms. The van der Waals surface area contributed by atoms with Crippen LogP contribution < -0.4 is 0 Å². The van der Waals surface area contributed by atoms with E-state index in [-0.39, 0.29) is 11.7 Å². The van der Waals surface area contributed by atoms with Crippen LogP contribution in [0.4, 0.5) is 0 Å². The maximum Gasteiger partial charge on any atom is 0.339 e. The summed E-state index contributed by atoms with van der Waals surface area (Å²) in [5, 5.41) is 10.1. The van der Waals surface area contributed by atoms with E-state index in [0.29, 0.717) is 29.9 Å². The Balaban J connectivity index is 1.94. The van der Waals surface area contributed by atoms with Crippen LogP contribution in [-0.4, -0.2) is 41.8 Å². The number of nitrogens with zero attached hydrogens (tertiary/aromatic N) is 1. The molecule has 0 aliphatic carbocycles. The van der Waals surface area contributed by atoms with Crippen LogP contribution in [0.25, 0.3) is 11.0 Å². The number of rotatable bonds is 3. The van der Waals surface area contributed by atoms with Crippen molar-refractivity contribution in [2.24, 2.45) is 0 Å². The Labute approximate surface area is 116 Å². The van der Waals surface area contributed by atoms with Gasteiger partial charge >= 0.3 is 5.97 Å². The van der Waals surface area contributed by atoms with Crippen molar-refractivity contribution < 1.29 is 19.1 Å². The molecule has 1 saturated heterocycles. The second-order valence-electron chi connectivity index (χ2n) is 5.12. The van der Waals surface area contributed by atoms with Crippen molar-refractivity contribution in [1.82, 2.24) is 4.90 Å². The maximum absolute atomic E-state index is 11.5. The predicted octanol–water partition coefficient (Wildman–Crippen LogP) is 2.35. The minimum atomic E-state index is -0.939. The van der Waals surface area contributed by atoms with E-state index < -0.39 is 5.97 Å². The standard InChI is InChI=1S/C15H17NO4/c1-10-8-16(6-7-19-10)9-13-14(15(17)18)11-4-2-3-5-12(11)20-13/h2-5,10H,6-9H2,1H3,(H,17,18). The molecule has 2 heterocycles. The van der Waals surface area contributed by atoms with Crippen molar-refractivity contribution in [3.8, 4) is 0 Å². The minimum absolute atomic E-state index is 0.168. The molecule has 0 spiro atoms. The molecule has 1 unspecified atom stereocenters. The average molecular weight is 275 g/mol. The van der Waals surface area contributed by atoms with E-state index in [9.17, 15) is 9.90 Å². The highest BCUT2D eigenvalue weighted by Gasteiger charge is 2.24. The van der Waals surface area contributed by atoms with Crippen LogP contribution in [0.3, 0.4) is 0 Å². The summed E-state index contributed by atoms with van der Waals surface area (Å²) in [6, 6.07) is 7.25. The molecule has 106 valence electrons. The first-order valence-electron chi connectivity index (χ1n) is 6.73. The largest absolute Gasteiger partial charge is 0.478 e. The second-order valence-corrected chi connectivity index (χ2v) is 5.12. The number of ether oxygens (including phenoxy) is 1. The highest BCUT2D eigenvalue weighted by atomic mass is 16.5. The summed E-state index contributed by atoms with van der Waals surface area (Å²) in [6.45, 7) is 4.77. The van der Waals surface area contributed by atoms with Crippen LogP contribution >= 0.6 is 0 Å². The Hall–Kier alpha value is -1.85. The lowest BCUT2D eigenvalue weighted by Crippen LogP contribution is -2.40. The van der Waals surface area contributed by atoms with Gasteiger partial charge in [-0.15, -0.1) is 0 Å². The molecular weight excluding hydrogens is 258 g/mol. The fourth-order valence-electron chi connectivity index (χ4n) is 2.68. The van der Waals surface area contributed by atoms with Gasteiger partial charge in [0, 0.05) is 18.5 Å². The molecule has 0 amide bonds. The number of carbonyl (C=O) groups is 1. The number of benzene rings is 1. The molecule has 1 aromatic heterocycles. The normalized spacial score (nSPS) is 20.4. The Morgan fingerprint density at radius 1 is 1.45 bits per heavy atom. The molecule has 1 N–H and O–H groups in total. The number of hydrogen-bond acceptors (Lipinski definition) is 4. The van der Waals surface area contributed by atoms with Gasteiger partial charge < -0.3 is 14.3 Å². The summed E-state index contributed by atoms with van der Waals surface area (Å²) in [4.78, 5) is 13.7. The number of fused-ring (bicyclic) bond motifs is 1. The molecule has 1 atom stereocenters. The van der Waals surface area contributed by atoms with Crippen LogP contribution in [0.15, 0.2) is 28.7 Å². The molecule has 1 aliphatic heterocycles. The Kier molecular flexibility index (Phi) is 3.46. The second kappa shape index (κ2) is 5.26. The predicted molar refractivity (Wildman–Crippen MR) is 73.9 cm³/mol. The van der Waals surface area contributed by atoms with Crippen molar-refractivity contribution in [1.29, 1.82) is 0 Å². The Bertz CT molecular complexity index is 634. The highest BCUT2D eigenvalue weighted by molar-refractivity contribution is 6.03. The summed E-state index contributed by atoms with van der Waals surface area (Å²) in [6.07, 6.45) is 0.168. The summed E-state index contributed by atoms with van der Waals surface area (Å²) in [7, 11) is 0. The van der Waals surface area contributed by atoms with E-state index in [0.717, 1.165) is 13.1 Å². The Morgan fingerprint density at radius 2 is 2.25 bits per heavy atom. The van der Waals surface area contributed by atoms with Gasteiger partial charge in [0.15, 0.2) is 0 Å². The van der Waals surface area contributed by atoms with Crippen LogP contribution in [-0.2, 0) is 11.3 Å². The first-order chi connectivity index (χ1) is 9.65. The lowest BCUT2D eigenvalue weighted by molar-refractivity contribution is -0.0230. The van der Waals surface area contributed by atoms with Crippen molar-refractivity contribution in [3.05, 3.63) is 35.6 Å². The average Bonchev–Trinajstić information content (AvgIpc) is 2.76. The van der Waals surface area contributed by atoms with Crippen LogP contribution in [0, 0.1) is 0 Å². The van der Waals surface area contributed by atoms with E-state index in [1.165, 1.54) is 0 Å². The molecular formula is C15H17NO4. The third kappa shape index (κ3) is 2.42. The summed E-state index contributed by atoms with van der Waals surface area (Å²) >= 11 is 0. The third-order valence-corrected chi connectivity index (χ3v) is 3.57. The fourth-order valence-corrected chi connectivity index (χ4v) is 2.68. The van der Waals surface area contributed by atoms with Gasteiger partial charge in [-0.25, -0.2) is 4.79 Å². The molecule has 1 aliphatic rings. The molecule has 1 aromatic carbocycles. The molecule has 0 saturated carbocycles. The molecule has 3 rings (SSSR count). The molecule has 0 bridgehead atoms. The number of aromatic carboxylic acids is 1. The summed E-state index contributed by atoms with van der Waals surface area (Å²) in [5.41, 5.74) is 0.904. The molecule has 5 nitrogen and oxygen atoms in total. The lowest BCUT2D eigenvalue weighted by atomic mass is 10.1. The fraction of sp³-hybridized carbons (Fsp3) is 0.400. The number of para-hydroxylation sites is 1. The number of morpholine rings is 1. The topological polar surface area (TPSA) is 62.9 Å². The molecule has 0 radical (unpaired) electrons. The lowest BCUT2D eigenvalue weighted by Gasteiger charge is -2.30. The number of carboxylic acid groups (broad SMARTS) is 1. The zero-order valence-electron chi connectivity index (χ0n) is 11.3. The zero-order chi connectivity index (χ0) is 14.1. The van der Waals surface area contributed by atoms with Gasteiger partial charge in [-0.1, -0.05) is 18.2 Å². The van der Waals surface area contributed by atoms with Gasteiger partial charge in [0.05, 0.1) is 19.3 Å². The smallest absolute Gasteiger partial charge is 0.339 e. The van der Waals surface area contributed by atoms with Crippen LogP contribution in [0.1, 0.15) is 23.0 Å². The van der Waals surface area contributed by atoms with Gasteiger partial charge in [-0.2, -0.15) is 0 Å². The number of carboxylic acids is 1. The molecule has 1 fully saturated rings. The zero-order valence-corrected chi connectivity index (χ0v) is 11.3. The number of hydrogen-bond donors (Lipinski definition) is 1. The van der Waals surface area contributed by atoms with E-state index in [1.807, 2.05) is 19.1 Å². The SMILES string of the molecule is CC1CN(Cc2oc3ccccc3c2C(=O)O)CCO1. The van der Waals surface area contributed by atoms with Gasteiger partial charge in [-0.3, -0.25) is 4.90 Å². The van der Waals surface area contributed by atoms with Crippen molar-refractivity contribution in [2.75, 3.05) is 19.7 Å². The monoisotopic (exact) mass is 275 g/mol. The Morgan fingerprint density at radius 3 is 3.00 bits per heavy atom. The highest BCUT2D eigenvalue weighted by Crippen LogP contribution is 2.27. The van der Waals surface area contributed by atoms with Crippen LogP contribution in [0.5, 0.6) is 0 Å². The van der Waals surface area contributed by atoms with Crippen molar-refractivity contribution in [2.45, 2.75) is 19.6 Å². The van der Waals surface area contributed by atoms with Crippen LogP contribution in [0.2, 0.25) is 0 Å². The van der Waals surface area contributed by atoms with Gasteiger partial charge in [0.25, 0.3) is 0 Å². The summed E-state index contributed by atoms with van der Waals surface area (Å²) in [5.74, 6) is -0.418.